The second-order valence-corrected chi connectivity index (χ2v) is 5.92. The van der Waals surface area contributed by atoms with E-state index in [2.05, 4.69) is 48.5 Å². The molecule has 0 amide bonds. The van der Waals surface area contributed by atoms with Gasteiger partial charge in [0.2, 0.25) is 0 Å². The van der Waals surface area contributed by atoms with Gasteiger partial charge in [0, 0.05) is 19.2 Å². The van der Waals surface area contributed by atoms with Gasteiger partial charge in [0.25, 0.3) is 0 Å². The van der Waals surface area contributed by atoms with Crippen LogP contribution in [0.4, 0.5) is 0 Å². The fourth-order valence-electron chi connectivity index (χ4n) is 3.06. The summed E-state index contributed by atoms with van der Waals surface area (Å²) in [5.74, 6) is 0. The van der Waals surface area contributed by atoms with Gasteiger partial charge >= 0.3 is 0 Å². The highest BCUT2D eigenvalue weighted by Crippen LogP contribution is 2.26. The smallest absolute Gasteiger partial charge is 0.108 e. The lowest BCUT2D eigenvalue weighted by molar-refractivity contribution is 0.0704. The molecule has 2 nitrogen and oxygen atoms in total. The Morgan fingerprint density at radius 2 is 1.55 bits per heavy atom. The van der Waals surface area contributed by atoms with Crippen molar-refractivity contribution in [2.45, 2.75) is 37.8 Å². The zero-order chi connectivity index (χ0) is 15.0. The molecule has 0 aliphatic carbocycles. The van der Waals surface area contributed by atoms with Gasteiger partial charge in [0.1, 0.15) is 6.10 Å². The van der Waals surface area contributed by atoms with Crippen molar-refractivity contribution in [3.8, 4) is 0 Å². The Morgan fingerprint density at radius 3 is 2.09 bits per heavy atom. The van der Waals surface area contributed by atoms with Gasteiger partial charge in [-0.3, -0.25) is 0 Å². The lowest BCUT2D eigenvalue weighted by Gasteiger charge is -2.24. The maximum Gasteiger partial charge on any atom is 0.108 e. The molecular formula is C20H24NO. The van der Waals surface area contributed by atoms with E-state index in [1.807, 2.05) is 12.1 Å². The standard InChI is InChI=1S/C20H24NO/c1-3-9-17(10-4-1)20(18-11-5-2-6-12-18)22-16-14-19-13-7-8-15-21-19/h1-6,9-12,19-20H,7-8,13-16H2. The highest BCUT2D eigenvalue weighted by Gasteiger charge is 2.17. The van der Waals surface area contributed by atoms with E-state index in [-0.39, 0.29) is 6.10 Å². The number of nitrogens with zero attached hydrogens (tertiary/aromatic N) is 1. The highest BCUT2D eigenvalue weighted by atomic mass is 16.5. The minimum atomic E-state index is 0.0194. The molecule has 0 aromatic heterocycles. The first-order chi connectivity index (χ1) is 10.9. The normalized spacial score (nSPS) is 18.5. The predicted molar refractivity (Wildman–Crippen MR) is 89.9 cm³/mol. The molecule has 0 saturated carbocycles. The van der Waals surface area contributed by atoms with Gasteiger partial charge in [-0.15, -0.1) is 0 Å². The van der Waals surface area contributed by atoms with Crippen LogP contribution in [-0.4, -0.2) is 19.2 Å². The number of ether oxygens (including phenoxy) is 1. The van der Waals surface area contributed by atoms with Crippen molar-refractivity contribution < 1.29 is 4.74 Å². The summed E-state index contributed by atoms with van der Waals surface area (Å²) in [6.45, 7) is 1.80. The largest absolute Gasteiger partial charge is 0.369 e. The maximum absolute atomic E-state index is 6.26. The van der Waals surface area contributed by atoms with Crippen molar-refractivity contribution in [2.24, 2.45) is 0 Å². The third kappa shape index (κ3) is 4.19. The summed E-state index contributed by atoms with van der Waals surface area (Å²) >= 11 is 0. The van der Waals surface area contributed by atoms with Gasteiger partial charge in [-0.25, -0.2) is 5.32 Å². The predicted octanol–water partition coefficient (Wildman–Crippen LogP) is 4.34. The molecular weight excluding hydrogens is 270 g/mol. The number of piperidine rings is 1. The molecule has 1 atom stereocenters. The van der Waals surface area contributed by atoms with E-state index in [0.29, 0.717) is 6.04 Å². The van der Waals surface area contributed by atoms with E-state index >= 15 is 0 Å². The first-order valence-corrected chi connectivity index (χ1v) is 8.31. The van der Waals surface area contributed by atoms with Crippen molar-refractivity contribution in [2.75, 3.05) is 13.2 Å². The Morgan fingerprint density at radius 1 is 0.909 bits per heavy atom. The lowest BCUT2D eigenvalue weighted by atomic mass is 10.0. The molecule has 1 radical (unpaired) electrons. The fourth-order valence-corrected chi connectivity index (χ4v) is 3.06. The SMILES string of the molecule is c1ccc(C(OCCC2CCCC[N]2)c2ccccc2)cc1. The zero-order valence-electron chi connectivity index (χ0n) is 13.0. The summed E-state index contributed by atoms with van der Waals surface area (Å²) in [6.07, 6.45) is 4.86. The van der Waals surface area contributed by atoms with Gasteiger partial charge in [0.05, 0.1) is 0 Å². The third-order valence-electron chi connectivity index (χ3n) is 4.27. The Kier molecular flexibility index (Phi) is 5.63. The van der Waals surface area contributed by atoms with E-state index in [1.54, 1.807) is 0 Å². The Labute approximate surface area is 133 Å². The topological polar surface area (TPSA) is 23.3 Å². The van der Waals surface area contributed by atoms with Gasteiger partial charge in [-0.1, -0.05) is 67.1 Å². The van der Waals surface area contributed by atoms with Crippen molar-refractivity contribution in [1.29, 1.82) is 0 Å². The van der Waals surface area contributed by atoms with Crippen molar-refractivity contribution in [3.05, 3.63) is 71.8 Å². The Hall–Kier alpha value is -1.64. The Balaban J connectivity index is 1.64. The van der Waals surface area contributed by atoms with E-state index < -0.39 is 0 Å². The van der Waals surface area contributed by atoms with E-state index in [9.17, 15) is 0 Å². The number of hydrogen-bond acceptors (Lipinski definition) is 1. The minimum absolute atomic E-state index is 0.0194. The van der Waals surface area contributed by atoms with E-state index in [1.165, 1.54) is 30.4 Å². The van der Waals surface area contributed by atoms with Crippen LogP contribution in [0.15, 0.2) is 60.7 Å². The molecule has 2 aromatic rings. The average molecular weight is 294 g/mol. The second kappa shape index (κ2) is 8.11. The van der Waals surface area contributed by atoms with Crippen LogP contribution in [0.3, 0.4) is 0 Å². The molecule has 1 aliphatic rings. The van der Waals surface area contributed by atoms with Crippen LogP contribution in [0, 0.1) is 0 Å². The van der Waals surface area contributed by atoms with E-state index in [0.717, 1.165) is 19.6 Å². The molecule has 1 heterocycles. The second-order valence-electron chi connectivity index (χ2n) is 5.92. The minimum Gasteiger partial charge on any atom is -0.369 e. The quantitative estimate of drug-likeness (QED) is 0.777. The van der Waals surface area contributed by atoms with Gasteiger partial charge in [0.15, 0.2) is 0 Å². The zero-order valence-corrected chi connectivity index (χ0v) is 13.0. The molecule has 115 valence electrons. The van der Waals surface area contributed by atoms with Crippen molar-refractivity contribution in [3.63, 3.8) is 0 Å². The Bertz CT molecular complexity index is 495. The summed E-state index contributed by atoms with van der Waals surface area (Å²) < 4.78 is 6.26. The van der Waals surface area contributed by atoms with Crippen LogP contribution in [0.1, 0.15) is 42.9 Å². The maximum atomic E-state index is 6.26. The molecule has 2 aromatic carbocycles. The molecule has 1 fully saturated rings. The van der Waals surface area contributed by atoms with Gasteiger partial charge < -0.3 is 4.74 Å². The van der Waals surface area contributed by atoms with Crippen LogP contribution >= 0.6 is 0 Å². The summed E-state index contributed by atoms with van der Waals surface area (Å²) in [7, 11) is 0. The summed E-state index contributed by atoms with van der Waals surface area (Å²) in [4.78, 5) is 0. The van der Waals surface area contributed by atoms with Gasteiger partial charge in [-0.2, -0.15) is 0 Å². The van der Waals surface area contributed by atoms with Crippen LogP contribution in [-0.2, 0) is 4.74 Å². The molecule has 1 unspecified atom stereocenters. The van der Waals surface area contributed by atoms with Crippen molar-refractivity contribution >= 4 is 0 Å². The average Bonchev–Trinajstić information content (AvgIpc) is 2.61. The first-order valence-electron chi connectivity index (χ1n) is 8.31. The van der Waals surface area contributed by atoms with Crippen LogP contribution in [0.2, 0.25) is 0 Å². The number of hydrogen-bond donors (Lipinski definition) is 0. The molecule has 2 heteroatoms. The summed E-state index contributed by atoms with van der Waals surface area (Å²) in [6, 6.07) is 21.5. The number of benzene rings is 2. The third-order valence-corrected chi connectivity index (χ3v) is 4.27. The molecule has 0 spiro atoms. The summed E-state index contributed by atoms with van der Waals surface area (Å²) in [5.41, 5.74) is 2.43. The lowest BCUT2D eigenvalue weighted by Crippen LogP contribution is -2.29. The van der Waals surface area contributed by atoms with Crippen molar-refractivity contribution in [1.82, 2.24) is 5.32 Å². The molecule has 0 bridgehead atoms. The number of rotatable bonds is 6. The molecule has 1 aliphatic heterocycles. The molecule has 22 heavy (non-hydrogen) atoms. The monoisotopic (exact) mass is 294 g/mol. The van der Waals surface area contributed by atoms with E-state index in [4.69, 9.17) is 10.1 Å². The van der Waals surface area contributed by atoms with Crippen LogP contribution in [0.5, 0.6) is 0 Å². The first kappa shape index (κ1) is 15.3. The molecule has 3 rings (SSSR count). The molecule has 0 N–H and O–H groups in total. The highest BCUT2D eigenvalue weighted by molar-refractivity contribution is 5.29. The fraction of sp³-hybridized carbons (Fsp3) is 0.400. The van der Waals surface area contributed by atoms with Crippen LogP contribution in [0.25, 0.3) is 0 Å². The summed E-state index contributed by atoms with van der Waals surface area (Å²) in [5, 5.41) is 4.69. The molecule has 1 saturated heterocycles. The van der Waals surface area contributed by atoms with Crippen LogP contribution < -0.4 is 5.32 Å². The van der Waals surface area contributed by atoms with Gasteiger partial charge in [-0.05, 0) is 30.4 Å².